The number of aromatic amines is 1. The van der Waals surface area contributed by atoms with Crippen molar-refractivity contribution in [1.29, 1.82) is 5.26 Å². The Morgan fingerprint density at radius 3 is 2.69 bits per heavy atom. The fraction of sp³-hybridized carbons (Fsp3) is 0.533. The Morgan fingerprint density at radius 1 is 1.52 bits per heavy atom. The lowest BCUT2D eigenvalue weighted by Crippen LogP contribution is -2.36. The molecule has 158 valence electrons. The number of halogens is 3. The molecule has 1 aliphatic heterocycles. The van der Waals surface area contributed by atoms with Crippen molar-refractivity contribution < 1.29 is 32.6 Å². The molecule has 1 fully saturated rings. The van der Waals surface area contributed by atoms with E-state index in [1.807, 2.05) is 0 Å². The molecule has 3 heterocycles. The van der Waals surface area contributed by atoms with Gasteiger partial charge in [0.1, 0.15) is 0 Å². The van der Waals surface area contributed by atoms with Crippen LogP contribution in [0.15, 0.2) is 17.2 Å². The number of nitriles is 1. The number of alkyl halides is 3. The van der Waals surface area contributed by atoms with Crippen molar-refractivity contribution in [3.8, 4) is 6.07 Å². The average molecular weight is 417 g/mol. The van der Waals surface area contributed by atoms with Gasteiger partial charge in [-0.25, -0.2) is 9.78 Å². The first kappa shape index (κ1) is 22.1. The van der Waals surface area contributed by atoms with Gasteiger partial charge in [0.25, 0.3) is 5.69 Å². The zero-order chi connectivity index (χ0) is 21.4. The summed E-state index contributed by atoms with van der Waals surface area (Å²) in [5, 5.41) is 37.7. The normalized spacial score (nSPS) is 15.8. The molecule has 2 aromatic heterocycles. The molecule has 11 nitrogen and oxygen atoms in total. The van der Waals surface area contributed by atoms with E-state index in [4.69, 9.17) is 15.2 Å². The number of nitrogens with zero attached hydrogens (tertiary/aromatic N) is 4. The summed E-state index contributed by atoms with van der Waals surface area (Å²) in [6, 6.07) is 1.87. The highest BCUT2D eigenvalue weighted by molar-refractivity contribution is 5.73. The van der Waals surface area contributed by atoms with E-state index in [1.165, 1.54) is 0 Å². The number of carboxylic acids is 1. The Kier molecular flexibility index (Phi) is 7.51. The summed E-state index contributed by atoms with van der Waals surface area (Å²) in [6.45, 7) is 2.24. The molecule has 4 N–H and O–H groups in total. The predicted molar refractivity (Wildman–Crippen MR) is 87.6 cm³/mol. The number of nitrogens with one attached hydrogen (secondary N) is 3. The lowest BCUT2D eigenvalue weighted by Gasteiger charge is -2.30. The predicted octanol–water partition coefficient (Wildman–Crippen LogP) is 0.367. The van der Waals surface area contributed by atoms with E-state index in [-0.39, 0.29) is 23.2 Å². The number of rotatable bonds is 5. The third kappa shape index (κ3) is 6.16. The van der Waals surface area contributed by atoms with Gasteiger partial charge in [-0.3, -0.25) is 4.63 Å². The molecule has 0 aromatic carbocycles. The van der Waals surface area contributed by atoms with Crippen LogP contribution in [0.1, 0.15) is 36.0 Å². The van der Waals surface area contributed by atoms with Gasteiger partial charge in [-0.2, -0.15) is 18.4 Å². The first-order chi connectivity index (χ1) is 13.7. The first-order valence-corrected chi connectivity index (χ1v) is 8.45. The molecule has 2 aromatic rings. The van der Waals surface area contributed by atoms with Crippen molar-refractivity contribution >= 4 is 5.97 Å². The SMILES string of the molecule is N#Cc1c(CNC(c2cnc[nH]2)C2CCNCC2)no[n+]1[O-].O=C(O)C(F)(F)F. The van der Waals surface area contributed by atoms with Crippen molar-refractivity contribution in [2.45, 2.75) is 31.6 Å². The van der Waals surface area contributed by atoms with Crippen LogP contribution < -0.4 is 15.5 Å². The number of imidazole rings is 1. The standard InChI is InChI=1S/C13H17N7O2.C2HF3O2/c14-5-12-10(19-22-20(12)21)7-17-13(11-6-16-8-18-11)9-1-3-15-4-2-9;3-2(4,5)1(6)7/h6,8-9,13,15,17H,1-4,7H2,(H,16,18);(H,6,7). The van der Waals surface area contributed by atoms with E-state index in [2.05, 4.69) is 30.4 Å². The van der Waals surface area contributed by atoms with Crippen LogP contribution in [-0.2, 0) is 11.3 Å². The molecule has 1 saturated heterocycles. The smallest absolute Gasteiger partial charge is 0.475 e. The van der Waals surface area contributed by atoms with E-state index in [0.717, 1.165) is 31.6 Å². The minimum atomic E-state index is -5.08. The van der Waals surface area contributed by atoms with Gasteiger partial charge < -0.3 is 25.9 Å². The third-order valence-electron chi connectivity index (χ3n) is 4.23. The molecule has 3 rings (SSSR count). The number of aromatic nitrogens is 4. The monoisotopic (exact) mass is 417 g/mol. The number of piperidine rings is 1. The number of H-pyrrole nitrogens is 1. The van der Waals surface area contributed by atoms with E-state index in [1.54, 1.807) is 18.6 Å². The molecule has 1 aliphatic rings. The van der Waals surface area contributed by atoms with Gasteiger partial charge in [-0.15, -0.1) is 0 Å². The van der Waals surface area contributed by atoms with E-state index < -0.39 is 12.1 Å². The summed E-state index contributed by atoms with van der Waals surface area (Å²) in [6.07, 6.45) is 0.444. The van der Waals surface area contributed by atoms with Crippen LogP contribution in [-0.4, -0.2) is 45.5 Å². The summed E-state index contributed by atoms with van der Waals surface area (Å²) in [7, 11) is 0. The van der Waals surface area contributed by atoms with Gasteiger partial charge in [-0.1, -0.05) is 0 Å². The van der Waals surface area contributed by atoms with Gasteiger partial charge in [0, 0.05) is 11.4 Å². The second-order valence-electron chi connectivity index (χ2n) is 6.09. The highest BCUT2D eigenvalue weighted by Crippen LogP contribution is 2.27. The Balaban J connectivity index is 0.000000370. The highest BCUT2D eigenvalue weighted by Gasteiger charge is 2.38. The highest BCUT2D eigenvalue weighted by atomic mass is 19.4. The summed E-state index contributed by atoms with van der Waals surface area (Å²) in [5.74, 6) is -2.31. The molecule has 0 aliphatic carbocycles. The quantitative estimate of drug-likeness (QED) is 0.502. The maximum absolute atomic E-state index is 11.3. The molecular formula is C15H18F3N7O4. The van der Waals surface area contributed by atoms with Gasteiger partial charge in [-0.05, 0) is 36.8 Å². The number of carbonyl (C=O) groups is 1. The van der Waals surface area contributed by atoms with E-state index >= 15 is 0 Å². The van der Waals surface area contributed by atoms with Crippen molar-refractivity contribution in [2.75, 3.05) is 13.1 Å². The van der Waals surface area contributed by atoms with Gasteiger partial charge in [0.05, 0.1) is 24.6 Å². The third-order valence-corrected chi connectivity index (χ3v) is 4.23. The summed E-state index contributed by atoms with van der Waals surface area (Å²) in [5.41, 5.74) is 1.20. The summed E-state index contributed by atoms with van der Waals surface area (Å²) < 4.78 is 36.2. The minimum Gasteiger partial charge on any atom is -0.475 e. The molecule has 14 heteroatoms. The second-order valence-corrected chi connectivity index (χ2v) is 6.09. The molecule has 29 heavy (non-hydrogen) atoms. The number of aliphatic carboxylic acids is 1. The summed E-state index contributed by atoms with van der Waals surface area (Å²) >= 11 is 0. The zero-order valence-corrected chi connectivity index (χ0v) is 14.9. The number of hydrogen-bond donors (Lipinski definition) is 4. The molecule has 0 radical (unpaired) electrons. The molecule has 0 amide bonds. The van der Waals surface area contributed by atoms with Crippen molar-refractivity contribution in [3.05, 3.63) is 34.8 Å². The molecular weight excluding hydrogens is 399 g/mol. The van der Waals surface area contributed by atoms with Gasteiger partial charge in [0.2, 0.25) is 5.69 Å². The van der Waals surface area contributed by atoms with Gasteiger partial charge in [0.15, 0.2) is 6.07 Å². The van der Waals surface area contributed by atoms with E-state index in [0.29, 0.717) is 11.6 Å². The van der Waals surface area contributed by atoms with Crippen LogP contribution >= 0.6 is 0 Å². The largest absolute Gasteiger partial charge is 0.490 e. The van der Waals surface area contributed by atoms with Crippen LogP contribution in [0.3, 0.4) is 0 Å². The lowest BCUT2D eigenvalue weighted by molar-refractivity contribution is -0.804. The van der Waals surface area contributed by atoms with Crippen molar-refractivity contribution in [1.82, 2.24) is 25.8 Å². The Bertz CT molecular complexity index is 826. The number of carboxylic acid groups (broad SMARTS) is 1. The van der Waals surface area contributed by atoms with Crippen LogP contribution in [0.25, 0.3) is 0 Å². The Morgan fingerprint density at radius 2 is 2.17 bits per heavy atom. The lowest BCUT2D eigenvalue weighted by atomic mass is 9.88. The minimum absolute atomic E-state index is 0.0629. The topological polar surface area (TPSA) is 167 Å². The van der Waals surface area contributed by atoms with Crippen LogP contribution in [0.2, 0.25) is 0 Å². The molecule has 0 spiro atoms. The van der Waals surface area contributed by atoms with Crippen molar-refractivity contribution in [2.24, 2.45) is 5.92 Å². The maximum Gasteiger partial charge on any atom is 0.490 e. The molecule has 0 saturated carbocycles. The molecule has 1 unspecified atom stereocenters. The fourth-order valence-electron chi connectivity index (χ4n) is 2.85. The first-order valence-electron chi connectivity index (χ1n) is 8.45. The Hall–Kier alpha value is -3.18. The fourth-order valence-corrected chi connectivity index (χ4v) is 2.85. The molecule has 1 atom stereocenters. The van der Waals surface area contributed by atoms with Crippen LogP contribution in [0.4, 0.5) is 13.2 Å². The zero-order valence-electron chi connectivity index (χ0n) is 14.9. The maximum atomic E-state index is 11.3. The number of hydrogen-bond acceptors (Lipinski definition) is 8. The van der Waals surface area contributed by atoms with Crippen LogP contribution in [0, 0.1) is 22.5 Å². The Labute approximate surface area is 162 Å². The summed E-state index contributed by atoms with van der Waals surface area (Å²) in [4.78, 5) is 16.2. The van der Waals surface area contributed by atoms with E-state index in [9.17, 15) is 18.4 Å². The average Bonchev–Trinajstić information content (AvgIpc) is 3.32. The molecule has 0 bridgehead atoms. The second kappa shape index (κ2) is 9.85. The van der Waals surface area contributed by atoms with Crippen molar-refractivity contribution in [3.63, 3.8) is 0 Å². The van der Waals surface area contributed by atoms with Gasteiger partial charge >= 0.3 is 12.1 Å². The van der Waals surface area contributed by atoms with Crippen LogP contribution in [0.5, 0.6) is 0 Å².